The lowest BCUT2D eigenvalue weighted by molar-refractivity contribution is -0.144. The molecule has 0 unspecified atom stereocenters. The molecule has 0 aliphatic rings. The van der Waals surface area contributed by atoms with Crippen LogP contribution >= 0.6 is 0 Å². The van der Waals surface area contributed by atoms with E-state index in [2.05, 4.69) is 5.16 Å². The predicted octanol–water partition coefficient (Wildman–Crippen LogP) is 3.08. The van der Waals surface area contributed by atoms with Crippen molar-refractivity contribution >= 4 is 17.7 Å². The van der Waals surface area contributed by atoms with Crippen LogP contribution < -0.4 is 0 Å². The molecule has 0 amide bonds. The van der Waals surface area contributed by atoms with Gasteiger partial charge in [-0.3, -0.25) is 4.79 Å². The molecule has 6 heteroatoms. The van der Waals surface area contributed by atoms with E-state index in [1.807, 2.05) is 60.7 Å². The standard InChI is InChI=1S/C19H19NO5/c21-18(24-13-15-7-3-1-4-8-15)12-11-17(20-23)19(22)25-14-16-9-5-2-6-10-16/h1-10,23H,11-14H2/b20-17-. The molecule has 0 aliphatic carbocycles. The molecule has 2 aromatic carbocycles. The molecular formula is C19H19NO5. The third-order valence-electron chi connectivity index (χ3n) is 3.38. The maximum absolute atomic E-state index is 11.9. The van der Waals surface area contributed by atoms with Crippen molar-refractivity contribution in [3.05, 3.63) is 71.8 Å². The number of rotatable bonds is 8. The van der Waals surface area contributed by atoms with Gasteiger partial charge in [0, 0.05) is 6.42 Å². The summed E-state index contributed by atoms with van der Waals surface area (Å²) in [6.45, 7) is 0.223. The first kappa shape index (κ1) is 18.2. The highest BCUT2D eigenvalue weighted by Gasteiger charge is 2.16. The van der Waals surface area contributed by atoms with Gasteiger partial charge in [0.15, 0.2) is 5.71 Å². The summed E-state index contributed by atoms with van der Waals surface area (Å²) in [5, 5.41) is 11.9. The van der Waals surface area contributed by atoms with Gasteiger partial charge in [-0.1, -0.05) is 65.8 Å². The molecule has 6 nitrogen and oxygen atoms in total. The molecule has 0 bridgehead atoms. The number of ether oxygens (including phenoxy) is 2. The number of carbonyl (C=O) groups excluding carboxylic acids is 2. The van der Waals surface area contributed by atoms with Crippen LogP contribution in [0.2, 0.25) is 0 Å². The van der Waals surface area contributed by atoms with Crippen LogP contribution in [-0.2, 0) is 32.3 Å². The van der Waals surface area contributed by atoms with E-state index in [1.54, 1.807) is 0 Å². The van der Waals surface area contributed by atoms with E-state index in [0.717, 1.165) is 11.1 Å². The molecule has 0 spiro atoms. The summed E-state index contributed by atoms with van der Waals surface area (Å²) < 4.78 is 10.2. The lowest BCUT2D eigenvalue weighted by Gasteiger charge is -2.07. The number of benzene rings is 2. The zero-order chi connectivity index (χ0) is 17.9. The first-order valence-electron chi connectivity index (χ1n) is 7.80. The molecular weight excluding hydrogens is 322 g/mol. The topological polar surface area (TPSA) is 85.2 Å². The van der Waals surface area contributed by atoms with E-state index in [0.29, 0.717) is 0 Å². The van der Waals surface area contributed by atoms with Crippen molar-refractivity contribution in [1.29, 1.82) is 0 Å². The fraction of sp³-hybridized carbons (Fsp3) is 0.211. The summed E-state index contributed by atoms with van der Waals surface area (Å²) in [6.07, 6.45) is -0.135. The van der Waals surface area contributed by atoms with Gasteiger partial charge in [0.1, 0.15) is 13.2 Å². The van der Waals surface area contributed by atoms with E-state index >= 15 is 0 Å². The van der Waals surface area contributed by atoms with Crippen molar-refractivity contribution in [3.63, 3.8) is 0 Å². The number of oxime groups is 1. The van der Waals surface area contributed by atoms with E-state index in [4.69, 9.17) is 14.7 Å². The van der Waals surface area contributed by atoms with E-state index in [9.17, 15) is 9.59 Å². The SMILES string of the molecule is O=C(CC/C(=N/O)C(=O)OCc1ccccc1)OCc1ccccc1. The number of hydrogen-bond acceptors (Lipinski definition) is 6. The summed E-state index contributed by atoms with van der Waals surface area (Å²) >= 11 is 0. The molecule has 130 valence electrons. The summed E-state index contributed by atoms with van der Waals surface area (Å²) in [5.41, 5.74) is 1.47. The molecule has 0 fully saturated rings. The minimum Gasteiger partial charge on any atom is -0.461 e. The van der Waals surface area contributed by atoms with Gasteiger partial charge in [0.25, 0.3) is 0 Å². The third kappa shape index (κ3) is 6.47. The first-order valence-corrected chi connectivity index (χ1v) is 7.80. The Hall–Kier alpha value is -3.15. The predicted molar refractivity (Wildman–Crippen MR) is 90.9 cm³/mol. The van der Waals surface area contributed by atoms with Gasteiger partial charge in [-0.2, -0.15) is 0 Å². The Morgan fingerprint density at radius 3 is 1.84 bits per heavy atom. The summed E-state index contributed by atoms with van der Waals surface area (Å²) in [4.78, 5) is 23.6. The number of hydrogen-bond donors (Lipinski definition) is 1. The minimum absolute atomic E-state index is 0.0578. The Bertz CT molecular complexity index is 713. The molecule has 1 N–H and O–H groups in total. The monoisotopic (exact) mass is 341 g/mol. The number of esters is 2. The zero-order valence-corrected chi connectivity index (χ0v) is 13.6. The van der Waals surface area contributed by atoms with Crippen molar-refractivity contribution in [1.82, 2.24) is 0 Å². The average Bonchev–Trinajstić information content (AvgIpc) is 2.67. The van der Waals surface area contributed by atoms with Gasteiger partial charge >= 0.3 is 11.9 Å². The summed E-state index contributed by atoms with van der Waals surface area (Å²) in [6, 6.07) is 18.4. The minimum atomic E-state index is -0.762. The van der Waals surface area contributed by atoms with Gasteiger partial charge in [-0.15, -0.1) is 0 Å². The van der Waals surface area contributed by atoms with Crippen LogP contribution in [0.25, 0.3) is 0 Å². The van der Waals surface area contributed by atoms with Gasteiger partial charge in [-0.05, 0) is 11.1 Å². The maximum Gasteiger partial charge on any atom is 0.356 e. The van der Waals surface area contributed by atoms with Crippen LogP contribution in [-0.4, -0.2) is 22.9 Å². The van der Waals surface area contributed by atoms with Crippen molar-refractivity contribution in [2.45, 2.75) is 26.1 Å². The highest BCUT2D eigenvalue weighted by atomic mass is 16.5. The van der Waals surface area contributed by atoms with Crippen LogP contribution in [0.3, 0.4) is 0 Å². The quantitative estimate of drug-likeness (QED) is 0.345. The van der Waals surface area contributed by atoms with Gasteiger partial charge in [0.2, 0.25) is 0 Å². The molecule has 0 atom stereocenters. The molecule has 25 heavy (non-hydrogen) atoms. The Morgan fingerprint density at radius 1 is 0.800 bits per heavy atom. The largest absolute Gasteiger partial charge is 0.461 e. The summed E-state index contributed by atoms with van der Waals surface area (Å²) in [5.74, 6) is -1.25. The average molecular weight is 341 g/mol. The lowest BCUT2D eigenvalue weighted by atomic mass is 10.2. The van der Waals surface area contributed by atoms with Crippen LogP contribution in [0.1, 0.15) is 24.0 Å². The second-order valence-electron chi connectivity index (χ2n) is 5.25. The normalized spacial score (nSPS) is 11.0. The Morgan fingerprint density at radius 2 is 1.32 bits per heavy atom. The van der Waals surface area contributed by atoms with Gasteiger partial charge in [0.05, 0.1) is 6.42 Å². The molecule has 2 rings (SSSR count). The fourth-order valence-electron chi connectivity index (χ4n) is 2.03. The first-order chi connectivity index (χ1) is 12.2. The van der Waals surface area contributed by atoms with Crippen LogP contribution in [0.5, 0.6) is 0 Å². The number of nitrogens with zero attached hydrogens (tertiary/aromatic N) is 1. The van der Waals surface area contributed by atoms with Crippen LogP contribution in [0, 0.1) is 0 Å². The highest BCUT2D eigenvalue weighted by molar-refractivity contribution is 6.36. The van der Waals surface area contributed by atoms with Crippen LogP contribution in [0.15, 0.2) is 65.8 Å². The van der Waals surface area contributed by atoms with Crippen molar-refractivity contribution in [2.75, 3.05) is 0 Å². The van der Waals surface area contributed by atoms with E-state index < -0.39 is 11.9 Å². The van der Waals surface area contributed by atoms with Crippen molar-refractivity contribution < 1.29 is 24.3 Å². The van der Waals surface area contributed by atoms with Crippen molar-refractivity contribution in [2.24, 2.45) is 5.16 Å². The Balaban J connectivity index is 1.73. The second kappa shape index (κ2) is 9.87. The molecule has 0 aromatic heterocycles. The zero-order valence-electron chi connectivity index (χ0n) is 13.6. The second-order valence-corrected chi connectivity index (χ2v) is 5.25. The molecule has 0 saturated heterocycles. The fourth-order valence-corrected chi connectivity index (χ4v) is 2.03. The molecule has 0 heterocycles. The van der Waals surface area contributed by atoms with E-state index in [1.165, 1.54) is 0 Å². The summed E-state index contributed by atoms with van der Waals surface area (Å²) in [7, 11) is 0. The van der Waals surface area contributed by atoms with Gasteiger partial charge in [-0.25, -0.2) is 4.79 Å². The van der Waals surface area contributed by atoms with Crippen molar-refractivity contribution in [3.8, 4) is 0 Å². The Kier molecular flexibility index (Phi) is 7.18. The lowest BCUT2D eigenvalue weighted by Crippen LogP contribution is -2.19. The van der Waals surface area contributed by atoms with Gasteiger partial charge < -0.3 is 14.7 Å². The van der Waals surface area contributed by atoms with Crippen LogP contribution in [0.4, 0.5) is 0 Å². The Labute approximate surface area is 145 Å². The van der Waals surface area contributed by atoms with E-state index in [-0.39, 0.29) is 31.8 Å². The smallest absolute Gasteiger partial charge is 0.356 e. The third-order valence-corrected chi connectivity index (χ3v) is 3.38. The maximum atomic E-state index is 11.9. The number of carbonyl (C=O) groups is 2. The molecule has 2 aromatic rings. The molecule has 0 radical (unpaired) electrons. The highest BCUT2D eigenvalue weighted by Crippen LogP contribution is 2.06. The molecule has 0 aliphatic heterocycles. The molecule has 0 saturated carbocycles.